The van der Waals surface area contributed by atoms with Crippen LogP contribution in [0, 0.1) is 5.41 Å². The van der Waals surface area contributed by atoms with E-state index in [9.17, 15) is 9.59 Å². The average Bonchev–Trinajstić information content (AvgIpc) is 2.79. The Morgan fingerprint density at radius 1 is 0.920 bits per heavy atom. The second kappa shape index (κ2) is 9.56. The second-order valence-electron chi connectivity index (χ2n) is 8.93. The van der Waals surface area contributed by atoms with Crippen molar-refractivity contribution in [1.29, 1.82) is 0 Å². The normalized spacial score (nSPS) is 16.2. The van der Waals surface area contributed by atoms with Gasteiger partial charge in [-0.15, -0.1) is 0 Å². The van der Waals surface area contributed by atoms with Crippen molar-refractivity contribution >= 4 is 11.9 Å². The van der Waals surface area contributed by atoms with Crippen molar-refractivity contribution in [2.24, 2.45) is 5.41 Å². The van der Waals surface area contributed by atoms with Crippen LogP contribution in [0.2, 0.25) is 0 Å². The first-order valence-electron chi connectivity index (χ1n) is 9.78. The summed E-state index contributed by atoms with van der Waals surface area (Å²) in [7, 11) is 0. The maximum absolute atomic E-state index is 12.3. The Morgan fingerprint density at radius 3 is 1.96 bits per heavy atom. The van der Waals surface area contributed by atoms with Gasteiger partial charge in [-0.3, -0.25) is 9.69 Å². The molecule has 3 amide bonds. The van der Waals surface area contributed by atoms with Gasteiger partial charge in [0.1, 0.15) is 6.54 Å². The van der Waals surface area contributed by atoms with Gasteiger partial charge < -0.3 is 9.64 Å². The number of urea groups is 1. The molecule has 5 heteroatoms. The summed E-state index contributed by atoms with van der Waals surface area (Å²) < 4.78 is 5.71. The molecule has 0 unspecified atom stereocenters. The maximum Gasteiger partial charge on any atom is 0.327 e. The van der Waals surface area contributed by atoms with Gasteiger partial charge in [-0.2, -0.15) is 0 Å². The van der Waals surface area contributed by atoms with Gasteiger partial charge in [0.25, 0.3) is 5.91 Å². The molecular formula is C20H38N2O3. The highest BCUT2D eigenvalue weighted by Crippen LogP contribution is 2.27. The Morgan fingerprint density at radius 2 is 1.48 bits per heavy atom. The molecule has 0 aromatic carbocycles. The zero-order chi connectivity index (χ0) is 19.1. The first kappa shape index (κ1) is 21.9. The van der Waals surface area contributed by atoms with Crippen molar-refractivity contribution in [1.82, 2.24) is 9.80 Å². The molecule has 1 rings (SSSR count). The lowest BCUT2D eigenvalue weighted by Gasteiger charge is -2.33. The molecule has 0 bridgehead atoms. The smallest absolute Gasteiger partial charge is 0.327 e. The molecular weight excluding hydrogens is 316 g/mol. The van der Waals surface area contributed by atoms with Gasteiger partial charge in [0.2, 0.25) is 0 Å². The van der Waals surface area contributed by atoms with Gasteiger partial charge in [-0.05, 0) is 58.3 Å². The molecule has 1 aliphatic heterocycles. The van der Waals surface area contributed by atoms with Crippen molar-refractivity contribution < 1.29 is 14.3 Å². The number of amides is 3. The molecule has 5 nitrogen and oxygen atoms in total. The van der Waals surface area contributed by atoms with Crippen LogP contribution in [0.25, 0.3) is 0 Å². The summed E-state index contributed by atoms with van der Waals surface area (Å²) >= 11 is 0. The van der Waals surface area contributed by atoms with E-state index in [-0.39, 0.29) is 18.5 Å². The van der Waals surface area contributed by atoms with Crippen LogP contribution >= 0.6 is 0 Å². The van der Waals surface area contributed by atoms with E-state index < -0.39 is 5.54 Å². The number of hydrogen-bond donors (Lipinski definition) is 0. The predicted molar refractivity (Wildman–Crippen MR) is 102 cm³/mol. The van der Waals surface area contributed by atoms with Crippen LogP contribution in [-0.4, -0.2) is 53.6 Å². The van der Waals surface area contributed by atoms with Crippen LogP contribution in [0.3, 0.4) is 0 Å². The summed E-state index contributed by atoms with van der Waals surface area (Å²) in [4.78, 5) is 27.5. The molecule has 0 saturated carbocycles. The van der Waals surface area contributed by atoms with Gasteiger partial charge in [0, 0.05) is 25.3 Å². The minimum atomic E-state index is -0.426. The lowest BCUT2D eigenvalue weighted by atomic mass is 9.90. The van der Waals surface area contributed by atoms with Gasteiger partial charge in [0.15, 0.2) is 0 Å². The first-order chi connectivity index (χ1) is 11.6. The third kappa shape index (κ3) is 7.35. The Balaban J connectivity index is 2.18. The summed E-state index contributed by atoms with van der Waals surface area (Å²) in [6.07, 6.45) is 6.30. The molecule has 0 aliphatic carbocycles. The number of ether oxygens (including phenoxy) is 1. The molecule has 0 aromatic heterocycles. The van der Waals surface area contributed by atoms with Crippen LogP contribution in [-0.2, 0) is 9.53 Å². The van der Waals surface area contributed by atoms with Crippen molar-refractivity contribution in [2.45, 2.75) is 85.6 Å². The third-order valence-electron chi connectivity index (χ3n) is 4.82. The zero-order valence-corrected chi connectivity index (χ0v) is 17.2. The number of unbranched alkanes of at least 4 members (excludes halogenated alkanes) is 2. The number of hydrogen-bond acceptors (Lipinski definition) is 3. The van der Waals surface area contributed by atoms with Crippen LogP contribution < -0.4 is 0 Å². The average molecular weight is 355 g/mol. The Labute approximate surface area is 154 Å². The number of carbonyl (C=O) groups excluding carboxylic acids is 2. The van der Waals surface area contributed by atoms with Gasteiger partial charge >= 0.3 is 6.03 Å². The largest absolute Gasteiger partial charge is 0.381 e. The highest BCUT2D eigenvalue weighted by Gasteiger charge is 2.43. The fraction of sp³-hybridized carbons (Fsp3) is 0.900. The topological polar surface area (TPSA) is 49.9 Å². The molecule has 0 radical (unpaired) electrons. The van der Waals surface area contributed by atoms with Gasteiger partial charge in [0.05, 0.1) is 0 Å². The fourth-order valence-corrected chi connectivity index (χ4v) is 3.23. The highest BCUT2D eigenvalue weighted by molar-refractivity contribution is 6.02. The SMILES string of the molecule is CCN1CC(=O)N(C(C)(C)CCCCOCCCCC(C)(C)C)C1=O. The molecule has 1 saturated heterocycles. The molecule has 0 spiro atoms. The van der Waals surface area contributed by atoms with Gasteiger partial charge in [-0.1, -0.05) is 27.2 Å². The van der Waals surface area contributed by atoms with E-state index in [4.69, 9.17) is 4.74 Å². The Kier molecular flexibility index (Phi) is 8.39. The first-order valence-corrected chi connectivity index (χ1v) is 9.78. The van der Waals surface area contributed by atoms with E-state index in [2.05, 4.69) is 20.8 Å². The molecule has 146 valence electrons. The molecule has 1 heterocycles. The number of likely N-dealkylation sites (N-methyl/N-ethyl adjacent to an activating group) is 1. The second-order valence-corrected chi connectivity index (χ2v) is 8.93. The van der Waals surface area contributed by atoms with E-state index in [0.717, 1.165) is 38.9 Å². The quantitative estimate of drug-likeness (QED) is 0.407. The third-order valence-corrected chi connectivity index (χ3v) is 4.82. The lowest BCUT2D eigenvalue weighted by molar-refractivity contribution is -0.129. The lowest BCUT2D eigenvalue weighted by Crippen LogP contribution is -2.48. The van der Waals surface area contributed by atoms with E-state index >= 15 is 0 Å². The van der Waals surface area contributed by atoms with Crippen molar-refractivity contribution in [3.05, 3.63) is 0 Å². The number of imide groups is 1. The maximum atomic E-state index is 12.3. The summed E-state index contributed by atoms with van der Waals surface area (Å²) in [5.74, 6) is -0.0769. The van der Waals surface area contributed by atoms with E-state index in [1.54, 1.807) is 4.90 Å². The summed E-state index contributed by atoms with van der Waals surface area (Å²) in [5.41, 5.74) is -0.0197. The summed E-state index contributed by atoms with van der Waals surface area (Å²) in [6.45, 7) is 15.1. The minimum Gasteiger partial charge on any atom is -0.381 e. The zero-order valence-electron chi connectivity index (χ0n) is 17.2. The molecule has 1 fully saturated rings. The number of carbonyl (C=O) groups is 2. The van der Waals surface area contributed by atoms with Crippen LogP contribution in [0.5, 0.6) is 0 Å². The van der Waals surface area contributed by atoms with E-state index in [1.807, 2.05) is 20.8 Å². The molecule has 0 aromatic rings. The highest BCUT2D eigenvalue weighted by atomic mass is 16.5. The van der Waals surface area contributed by atoms with Crippen molar-refractivity contribution in [2.75, 3.05) is 26.3 Å². The molecule has 0 atom stereocenters. The van der Waals surface area contributed by atoms with E-state index in [1.165, 1.54) is 17.7 Å². The van der Waals surface area contributed by atoms with Crippen LogP contribution in [0.1, 0.15) is 80.1 Å². The predicted octanol–water partition coefficient (Wildman–Crippen LogP) is 4.45. The van der Waals surface area contributed by atoms with Crippen molar-refractivity contribution in [3.8, 4) is 0 Å². The summed E-state index contributed by atoms with van der Waals surface area (Å²) in [6, 6.07) is -0.146. The van der Waals surface area contributed by atoms with Crippen LogP contribution in [0.15, 0.2) is 0 Å². The monoisotopic (exact) mass is 354 g/mol. The standard InChI is InChI=1S/C20H38N2O3/c1-7-21-16-17(23)22(18(21)24)20(5,6)13-9-11-15-25-14-10-8-12-19(2,3)4/h7-16H2,1-6H3. The number of rotatable bonds is 11. The number of nitrogens with zero attached hydrogens (tertiary/aromatic N) is 2. The summed E-state index contributed by atoms with van der Waals surface area (Å²) in [5, 5.41) is 0. The fourth-order valence-electron chi connectivity index (χ4n) is 3.23. The minimum absolute atomic E-state index is 0.0769. The molecule has 0 N–H and O–H groups in total. The Bertz CT molecular complexity index is 441. The molecule has 1 aliphatic rings. The van der Waals surface area contributed by atoms with Crippen LogP contribution in [0.4, 0.5) is 4.79 Å². The Hall–Kier alpha value is -1.10. The van der Waals surface area contributed by atoms with Crippen molar-refractivity contribution in [3.63, 3.8) is 0 Å². The van der Waals surface area contributed by atoms with Gasteiger partial charge in [-0.25, -0.2) is 4.79 Å². The van der Waals surface area contributed by atoms with E-state index in [0.29, 0.717) is 12.0 Å². The molecule has 25 heavy (non-hydrogen) atoms.